The summed E-state index contributed by atoms with van der Waals surface area (Å²) in [4.78, 5) is 27.4. The first-order chi connectivity index (χ1) is 14.5. The Bertz CT molecular complexity index is 948. The number of rotatable bonds is 6. The quantitative estimate of drug-likeness (QED) is 0.389. The highest BCUT2D eigenvalue weighted by molar-refractivity contribution is 8.01. The fraction of sp³-hybridized carbons (Fsp3) is 0.542. The van der Waals surface area contributed by atoms with E-state index >= 15 is 0 Å². The molecule has 3 unspecified atom stereocenters. The van der Waals surface area contributed by atoms with Crippen molar-refractivity contribution in [1.82, 2.24) is 10.2 Å². The van der Waals surface area contributed by atoms with Crippen molar-refractivity contribution in [3.05, 3.63) is 41.2 Å². The summed E-state index contributed by atoms with van der Waals surface area (Å²) in [7, 11) is 0. The monoisotopic (exact) mass is 443 g/mol. The van der Waals surface area contributed by atoms with E-state index in [-0.39, 0.29) is 23.0 Å². The van der Waals surface area contributed by atoms with Gasteiger partial charge in [0.15, 0.2) is 11.0 Å². The molecule has 0 bridgehead atoms. The molecular formula is C24H33N3O3S. The van der Waals surface area contributed by atoms with E-state index in [2.05, 4.69) is 31.0 Å². The summed E-state index contributed by atoms with van der Waals surface area (Å²) in [5.41, 5.74) is 9.63. The van der Waals surface area contributed by atoms with E-state index in [1.807, 2.05) is 39.0 Å². The summed E-state index contributed by atoms with van der Waals surface area (Å²) in [5.74, 6) is -0.768. The zero-order valence-electron chi connectivity index (χ0n) is 19.2. The molecule has 1 aliphatic heterocycles. The van der Waals surface area contributed by atoms with E-state index in [9.17, 15) is 9.59 Å². The first kappa shape index (κ1) is 23.4. The number of thioether (sulfide) groups is 1. The van der Waals surface area contributed by atoms with E-state index < -0.39 is 17.3 Å². The number of ketones is 1. The fourth-order valence-electron chi connectivity index (χ4n) is 4.01. The molecule has 1 aromatic heterocycles. The molecule has 31 heavy (non-hydrogen) atoms. The van der Waals surface area contributed by atoms with Crippen molar-refractivity contribution < 1.29 is 14.3 Å². The number of nitrogens with one attached hydrogen (secondary N) is 1. The molecule has 3 N–H and O–H groups in total. The molecule has 2 heterocycles. The highest BCUT2D eigenvalue weighted by Gasteiger charge is 2.46. The number of carbonyl (C=O) groups is 2. The van der Waals surface area contributed by atoms with Gasteiger partial charge in [0.25, 0.3) is 0 Å². The topological polar surface area (TPSA) is 98.1 Å². The number of benzene rings is 1. The Hall–Kier alpha value is -2.28. The molecular weight excluding hydrogens is 410 g/mol. The van der Waals surface area contributed by atoms with Crippen molar-refractivity contribution in [3.63, 3.8) is 0 Å². The maximum absolute atomic E-state index is 13.6. The van der Waals surface area contributed by atoms with E-state index in [1.165, 1.54) is 11.8 Å². The van der Waals surface area contributed by atoms with Crippen LogP contribution >= 0.6 is 11.8 Å². The number of Topliss-reactive ketones (excluding diaryl/α,β-unsaturated/α-hetero) is 1. The molecule has 7 heteroatoms. The number of aromatic amines is 1. The van der Waals surface area contributed by atoms with Gasteiger partial charge in [-0.15, -0.1) is 11.8 Å². The van der Waals surface area contributed by atoms with E-state index in [1.54, 1.807) is 6.20 Å². The first-order valence-electron chi connectivity index (χ1n) is 10.8. The number of nitrogens with zero attached hydrogens (tertiary/aromatic N) is 1. The molecule has 0 spiro atoms. The number of cyclic esters (lactones) is 1. The number of anilines is 1. The van der Waals surface area contributed by atoms with Gasteiger partial charge in [-0.1, -0.05) is 34.6 Å². The van der Waals surface area contributed by atoms with Crippen LogP contribution in [0.4, 0.5) is 5.69 Å². The number of hydrogen-bond acceptors (Lipinski definition) is 6. The second-order valence-corrected chi connectivity index (χ2v) is 10.9. The van der Waals surface area contributed by atoms with Gasteiger partial charge in [-0.3, -0.25) is 14.7 Å². The van der Waals surface area contributed by atoms with Crippen LogP contribution in [0.1, 0.15) is 57.9 Å². The molecule has 168 valence electrons. The lowest BCUT2D eigenvalue weighted by Gasteiger charge is -2.36. The van der Waals surface area contributed by atoms with Gasteiger partial charge in [-0.2, -0.15) is 5.10 Å². The summed E-state index contributed by atoms with van der Waals surface area (Å²) in [6.07, 6.45) is 2.59. The van der Waals surface area contributed by atoms with Crippen molar-refractivity contribution in [3.8, 4) is 0 Å². The minimum absolute atomic E-state index is 0.0474. The third-order valence-electron chi connectivity index (χ3n) is 5.85. The van der Waals surface area contributed by atoms with Crippen LogP contribution in [0.25, 0.3) is 0 Å². The number of aromatic nitrogens is 2. The maximum Gasteiger partial charge on any atom is 0.327 e. The van der Waals surface area contributed by atoms with Crippen molar-refractivity contribution in [2.45, 2.75) is 76.0 Å². The van der Waals surface area contributed by atoms with Gasteiger partial charge in [0.05, 0.1) is 5.92 Å². The van der Waals surface area contributed by atoms with Crippen molar-refractivity contribution in [2.24, 2.45) is 11.8 Å². The molecule has 1 aromatic carbocycles. The highest BCUT2D eigenvalue weighted by atomic mass is 32.2. The zero-order chi connectivity index (χ0) is 22.9. The summed E-state index contributed by atoms with van der Waals surface area (Å²) in [5, 5.41) is 6.06. The van der Waals surface area contributed by atoms with Gasteiger partial charge in [-0.25, -0.2) is 0 Å². The Morgan fingerprint density at radius 1 is 1.26 bits per heavy atom. The number of esters is 1. The van der Waals surface area contributed by atoms with Crippen LogP contribution in [-0.4, -0.2) is 33.3 Å². The summed E-state index contributed by atoms with van der Waals surface area (Å²) in [6.45, 7) is 12.2. The number of carbonyl (C=O) groups excluding carboxylic acids is 2. The minimum Gasteiger partial charge on any atom is -0.460 e. The van der Waals surface area contributed by atoms with E-state index in [0.29, 0.717) is 18.5 Å². The van der Waals surface area contributed by atoms with Crippen LogP contribution in [0, 0.1) is 18.8 Å². The number of hydrogen-bond donors (Lipinski definition) is 2. The zero-order valence-corrected chi connectivity index (χ0v) is 20.0. The second-order valence-electron chi connectivity index (χ2n) is 9.73. The van der Waals surface area contributed by atoms with Crippen LogP contribution in [0.15, 0.2) is 29.3 Å². The molecule has 1 fully saturated rings. The fourth-order valence-corrected chi connectivity index (χ4v) is 5.44. The van der Waals surface area contributed by atoms with Gasteiger partial charge in [0.1, 0.15) is 6.10 Å². The largest absolute Gasteiger partial charge is 0.460 e. The van der Waals surface area contributed by atoms with Gasteiger partial charge in [0.2, 0.25) is 0 Å². The van der Waals surface area contributed by atoms with Crippen LogP contribution in [-0.2, 0) is 26.2 Å². The molecule has 6 nitrogen and oxygen atoms in total. The SMILES string of the molecule is Cc1cc(SC2C(=O)OC(C(C)C)C(CCc3ccn[nH]3)C2=O)c(C(C)(C)C)cc1N. The molecule has 3 rings (SSSR count). The molecule has 1 aliphatic rings. The molecule has 3 atom stereocenters. The van der Waals surface area contributed by atoms with Crippen LogP contribution < -0.4 is 5.73 Å². The molecule has 0 amide bonds. The van der Waals surface area contributed by atoms with Gasteiger partial charge >= 0.3 is 5.97 Å². The predicted octanol–water partition coefficient (Wildman–Crippen LogP) is 4.46. The molecule has 0 saturated carbocycles. The summed E-state index contributed by atoms with van der Waals surface area (Å²) in [6, 6.07) is 5.85. The lowest BCUT2D eigenvalue weighted by molar-refractivity contribution is -0.165. The first-order valence-corrected chi connectivity index (χ1v) is 11.7. The minimum atomic E-state index is -0.870. The second kappa shape index (κ2) is 9.07. The van der Waals surface area contributed by atoms with Gasteiger partial charge in [0, 0.05) is 22.5 Å². The smallest absolute Gasteiger partial charge is 0.327 e. The van der Waals surface area contributed by atoms with E-state index in [0.717, 1.165) is 21.7 Å². The van der Waals surface area contributed by atoms with Crippen molar-refractivity contribution >= 4 is 29.2 Å². The number of ether oxygens (including phenoxy) is 1. The molecule has 2 aromatic rings. The summed E-state index contributed by atoms with van der Waals surface area (Å²) < 4.78 is 5.83. The lowest BCUT2D eigenvalue weighted by Crippen LogP contribution is -2.50. The molecule has 0 aliphatic carbocycles. The average molecular weight is 444 g/mol. The Morgan fingerprint density at radius 2 is 1.97 bits per heavy atom. The van der Waals surface area contributed by atoms with Crippen molar-refractivity contribution in [2.75, 3.05) is 5.73 Å². The standard InChI is InChI=1S/C24H33N3O3S/c1-13(2)21-16(8-7-15-9-10-26-27-15)20(28)22(23(29)30-21)31-19-11-14(3)18(25)12-17(19)24(4,5)6/h9-13,16,21-22H,7-8,25H2,1-6H3,(H,26,27). The van der Waals surface area contributed by atoms with Crippen LogP contribution in [0.5, 0.6) is 0 Å². The third kappa shape index (κ3) is 5.14. The highest BCUT2D eigenvalue weighted by Crippen LogP contribution is 2.41. The van der Waals surface area contributed by atoms with Crippen molar-refractivity contribution in [1.29, 1.82) is 0 Å². The van der Waals surface area contributed by atoms with Gasteiger partial charge < -0.3 is 10.5 Å². The number of aryl methyl sites for hydroxylation is 2. The Labute approximate surface area is 188 Å². The number of nitrogens with two attached hydrogens (primary N) is 1. The normalized spacial score (nSPS) is 22.1. The van der Waals surface area contributed by atoms with Crippen LogP contribution in [0.2, 0.25) is 0 Å². The Balaban J connectivity index is 1.90. The Morgan fingerprint density at radius 3 is 2.55 bits per heavy atom. The lowest BCUT2D eigenvalue weighted by atomic mass is 9.82. The number of H-pyrrole nitrogens is 1. The molecule has 1 saturated heterocycles. The predicted molar refractivity (Wildman–Crippen MR) is 124 cm³/mol. The third-order valence-corrected chi connectivity index (χ3v) is 7.10. The summed E-state index contributed by atoms with van der Waals surface area (Å²) >= 11 is 1.30. The average Bonchev–Trinajstić information content (AvgIpc) is 3.19. The Kier molecular flexibility index (Phi) is 6.84. The maximum atomic E-state index is 13.6. The molecule has 0 radical (unpaired) electrons. The van der Waals surface area contributed by atoms with Crippen LogP contribution in [0.3, 0.4) is 0 Å². The van der Waals surface area contributed by atoms with E-state index in [4.69, 9.17) is 10.5 Å². The van der Waals surface area contributed by atoms with Gasteiger partial charge in [-0.05, 0) is 60.4 Å². The number of nitrogen functional groups attached to an aromatic ring is 1.